The van der Waals surface area contributed by atoms with Crippen molar-refractivity contribution in [3.05, 3.63) is 0 Å². The molecule has 3 heterocycles. The third kappa shape index (κ3) is 17.0. The average molecular weight is 1050 g/mol. The number of aliphatic hydroxyl groups excluding tert-OH is 4. The Balaban J connectivity index is 2.08. The predicted molar refractivity (Wildman–Crippen MR) is 241 cm³/mol. The van der Waals surface area contributed by atoms with Crippen LogP contribution in [0.5, 0.6) is 0 Å². The third-order valence-electron chi connectivity index (χ3n) is 11.7. The first-order valence-electron chi connectivity index (χ1n) is 23.2. The molecule has 30 heteroatoms. The van der Waals surface area contributed by atoms with Gasteiger partial charge in [0.2, 0.25) is 53.2 Å². The van der Waals surface area contributed by atoms with Crippen molar-refractivity contribution >= 4 is 71.1 Å². The highest BCUT2D eigenvalue weighted by Crippen LogP contribution is 2.30. The highest BCUT2D eigenvalue weighted by atomic mass is 16.7. The number of aliphatic hydroxyl groups is 4. The van der Waals surface area contributed by atoms with Crippen molar-refractivity contribution in [1.29, 1.82) is 0 Å². The third-order valence-corrected chi connectivity index (χ3v) is 11.7. The molecule has 3 aliphatic rings. The maximum absolute atomic E-state index is 14.6. The Morgan fingerprint density at radius 3 is 1.53 bits per heavy atom. The number of hydrogen-bond donors (Lipinski definition) is 11. The van der Waals surface area contributed by atoms with Gasteiger partial charge in [0.25, 0.3) is 0 Å². The van der Waals surface area contributed by atoms with Gasteiger partial charge < -0.3 is 91.5 Å². The summed E-state index contributed by atoms with van der Waals surface area (Å²) >= 11 is 0. The van der Waals surface area contributed by atoms with Crippen LogP contribution in [0, 0.1) is 0 Å². The minimum absolute atomic E-state index is 0.0555. The number of esters is 3. The Morgan fingerprint density at radius 2 is 1.11 bits per heavy atom. The Morgan fingerprint density at radius 1 is 0.630 bits per heavy atom. The van der Waals surface area contributed by atoms with Crippen LogP contribution in [0.1, 0.15) is 74.1 Å². The molecule has 0 aromatic rings. The fourth-order valence-electron chi connectivity index (χ4n) is 8.34. The molecule has 3 fully saturated rings. The van der Waals surface area contributed by atoms with Gasteiger partial charge in [-0.3, -0.25) is 57.5 Å². The molecule has 0 radical (unpaired) electrons. The minimum atomic E-state index is -1.98. The number of nitrogens with two attached hydrogens (primary N) is 1. The zero-order valence-corrected chi connectivity index (χ0v) is 41.4. The van der Waals surface area contributed by atoms with Crippen molar-refractivity contribution in [3.8, 4) is 0 Å². The van der Waals surface area contributed by atoms with E-state index in [9.17, 15) is 78.0 Å². The Bertz CT molecular complexity index is 2060. The molecule has 0 aromatic carbocycles. The molecule has 0 spiro atoms. The van der Waals surface area contributed by atoms with Crippen LogP contribution in [0.2, 0.25) is 0 Å². The van der Waals surface area contributed by atoms with Crippen LogP contribution in [-0.4, -0.2) is 226 Å². The van der Waals surface area contributed by atoms with E-state index in [0.717, 1.165) is 44.4 Å². The molecule has 30 nitrogen and oxygen atoms in total. The van der Waals surface area contributed by atoms with Gasteiger partial charge in [-0.1, -0.05) is 0 Å². The van der Waals surface area contributed by atoms with Crippen molar-refractivity contribution in [2.24, 2.45) is 5.73 Å². The number of amides is 9. The van der Waals surface area contributed by atoms with Gasteiger partial charge in [-0.25, -0.2) is 0 Å². The van der Waals surface area contributed by atoms with Crippen molar-refractivity contribution in [1.82, 2.24) is 41.7 Å². The van der Waals surface area contributed by atoms with Crippen molar-refractivity contribution in [3.63, 3.8) is 0 Å². The normalized spacial score (nSPS) is 24.4. The fourth-order valence-corrected chi connectivity index (χ4v) is 8.34. The molecule has 410 valence electrons. The number of carbonyl (C=O) groups excluding carboxylic acids is 12. The van der Waals surface area contributed by atoms with Crippen molar-refractivity contribution in [2.75, 3.05) is 39.5 Å². The smallest absolute Gasteiger partial charge is 0.303 e. The van der Waals surface area contributed by atoms with Crippen LogP contribution in [0.25, 0.3) is 0 Å². The second kappa shape index (κ2) is 28.0. The van der Waals surface area contributed by atoms with Gasteiger partial charge in [0.05, 0.1) is 32.0 Å². The maximum Gasteiger partial charge on any atom is 0.303 e. The summed E-state index contributed by atoms with van der Waals surface area (Å²) in [4.78, 5) is 158. The highest BCUT2D eigenvalue weighted by molar-refractivity contribution is 5.98. The van der Waals surface area contributed by atoms with Crippen LogP contribution < -0.4 is 37.6 Å². The number of hydrogen-bond acceptors (Lipinski definition) is 21. The van der Waals surface area contributed by atoms with E-state index in [1.807, 2.05) is 0 Å². The van der Waals surface area contributed by atoms with Crippen molar-refractivity contribution in [2.45, 2.75) is 159 Å². The Hall–Kier alpha value is -6.60. The van der Waals surface area contributed by atoms with Gasteiger partial charge in [0.1, 0.15) is 61.0 Å². The van der Waals surface area contributed by atoms with Gasteiger partial charge in [0.15, 0.2) is 18.5 Å². The topological polar surface area (TPSA) is 437 Å². The summed E-state index contributed by atoms with van der Waals surface area (Å²) in [6.07, 6.45) is -9.23. The summed E-state index contributed by atoms with van der Waals surface area (Å²) in [5, 5.41) is 54.4. The first-order valence-corrected chi connectivity index (χ1v) is 23.2. The lowest BCUT2D eigenvalue weighted by atomic mass is 9.95. The zero-order valence-electron chi connectivity index (χ0n) is 41.4. The second-order valence-electron chi connectivity index (χ2n) is 17.5. The zero-order chi connectivity index (χ0) is 55.0. The van der Waals surface area contributed by atoms with E-state index >= 15 is 0 Å². The average Bonchev–Trinajstić information content (AvgIpc) is 4.01. The first kappa shape index (κ1) is 60.7. The van der Waals surface area contributed by atoms with E-state index in [1.54, 1.807) is 0 Å². The molecular weight excluding hydrogens is 979 g/mol. The number of primary amides is 1. The lowest BCUT2D eigenvalue weighted by molar-refractivity contribution is -0.287. The molecule has 0 bridgehead atoms. The summed E-state index contributed by atoms with van der Waals surface area (Å²) in [6, 6.07) is -12.9. The maximum atomic E-state index is 14.6. The molecular formula is C43H67N9O21. The van der Waals surface area contributed by atoms with Gasteiger partial charge in [0, 0.05) is 47.7 Å². The number of ether oxygens (including phenoxy) is 5. The number of rotatable bonds is 24. The second-order valence-corrected chi connectivity index (χ2v) is 17.5. The molecule has 0 saturated carbocycles. The van der Waals surface area contributed by atoms with Crippen LogP contribution >= 0.6 is 0 Å². The van der Waals surface area contributed by atoms with Gasteiger partial charge in [-0.2, -0.15) is 0 Å². The highest BCUT2D eigenvalue weighted by Gasteiger charge is 2.53. The number of carbonyl (C=O) groups is 12. The Kier molecular flexibility index (Phi) is 23.3. The predicted octanol–water partition coefficient (Wildman–Crippen LogP) is -7.68. The SMILES string of the molecule is CC(=O)N[C@H]1[C@H](O[C@H](C)[C@H](NC(=O)[C@@H]2CCCN2C(=O)[C@H](CO)NC(=O)[C@@H](NC(C)=O)[C@@H](C)O)C(=O)N[C@@H](CO)C(=O)N2CCC[C@H]2C(=O)N[C@@H](CO)C(N)=O)O[C@H](COC(C)=O)[C@@H](OC(C)=O)[C@@H]1OC(C)=O. The van der Waals surface area contributed by atoms with E-state index in [4.69, 9.17) is 29.4 Å². The fraction of sp³-hybridized carbons (Fsp3) is 0.721. The van der Waals surface area contributed by atoms with Crippen molar-refractivity contribution < 1.29 is 102 Å². The van der Waals surface area contributed by atoms with Gasteiger partial charge >= 0.3 is 17.9 Å². The molecule has 3 rings (SSSR count). The molecule has 0 aliphatic carbocycles. The minimum Gasteiger partial charge on any atom is -0.463 e. The molecule has 14 atom stereocenters. The van der Waals surface area contributed by atoms with Gasteiger partial charge in [-0.05, 0) is 39.5 Å². The lowest BCUT2D eigenvalue weighted by Crippen LogP contribution is -2.68. The number of nitrogens with zero attached hydrogens (tertiary/aromatic N) is 2. The van der Waals surface area contributed by atoms with E-state index in [1.165, 1.54) is 13.8 Å². The summed E-state index contributed by atoms with van der Waals surface area (Å²) in [6.45, 7) is 3.77. The monoisotopic (exact) mass is 1050 g/mol. The molecule has 0 aromatic heterocycles. The number of likely N-dealkylation sites (tertiary alicyclic amines) is 2. The van der Waals surface area contributed by atoms with E-state index < -0.39 is 183 Å². The summed E-state index contributed by atoms with van der Waals surface area (Å²) in [7, 11) is 0. The quantitative estimate of drug-likeness (QED) is 0.0316. The first-order chi connectivity index (χ1) is 34.3. The molecule has 3 aliphatic heterocycles. The number of nitrogens with one attached hydrogen (secondary N) is 6. The lowest BCUT2D eigenvalue weighted by Gasteiger charge is -2.46. The van der Waals surface area contributed by atoms with E-state index in [2.05, 4.69) is 31.9 Å². The molecule has 9 amide bonds. The van der Waals surface area contributed by atoms with Gasteiger partial charge in [-0.15, -0.1) is 0 Å². The molecule has 12 N–H and O–H groups in total. The van der Waals surface area contributed by atoms with E-state index in [0.29, 0.717) is 0 Å². The molecule has 0 unspecified atom stereocenters. The Labute approximate surface area is 418 Å². The summed E-state index contributed by atoms with van der Waals surface area (Å²) < 4.78 is 28.4. The van der Waals surface area contributed by atoms with E-state index in [-0.39, 0.29) is 38.8 Å². The van der Waals surface area contributed by atoms with Crippen LogP contribution in [-0.2, 0) is 81.2 Å². The summed E-state index contributed by atoms with van der Waals surface area (Å²) in [5.74, 6) is -11.5. The molecule has 3 saturated heterocycles. The van der Waals surface area contributed by atoms with Crippen LogP contribution in [0.4, 0.5) is 0 Å². The standard InChI is InChI=1S/C43H67N9O21/c1-18(56)31(45-20(3)57)39(65)48-26(15-54)41(67)52-13-9-11-29(52)38(64)50-32(40(66)49-27(16-55)42(68)51-12-8-10-28(51)37(63)47-25(14-53)36(44)62)19(2)70-43-33(46-21(4)58)35(72-24(7)61)34(71-23(6)60)30(73-43)17-69-22(5)59/h18-19,25-35,43,53-56H,8-17H2,1-7H3,(H2,44,62)(H,45,57)(H,46,58)(H,47,63)(H,48,65)(H,49,66)(H,50,64)/t18-,19-,25+,26+,27+,28+,29+,30-,31+,32+,33-,34-,35-,43-/m1/s1. The molecule has 73 heavy (non-hydrogen) atoms. The van der Waals surface area contributed by atoms with Crippen LogP contribution in [0.3, 0.4) is 0 Å². The largest absolute Gasteiger partial charge is 0.463 e. The summed E-state index contributed by atoms with van der Waals surface area (Å²) in [5.41, 5.74) is 5.24. The van der Waals surface area contributed by atoms with Crippen LogP contribution in [0.15, 0.2) is 0 Å².